The molecule has 2 rings (SSSR count). The van der Waals surface area contributed by atoms with Crippen LogP contribution in [-0.4, -0.2) is 37.4 Å². The van der Waals surface area contributed by atoms with Crippen LogP contribution in [-0.2, 0) is 9.31 Å². The lowest BCUT2D eigenvalue weighted by molar-refractivity contribution is 0.00578. The Kier molecular flexibility index (Phi) is 5.54. The molecule has 138 valence electrons. The van der Waals surface area contributed by atoms with Crippen LogP contribution in [0.3, 0.4) is 0 Å². The molecular formula is C19H30BNO4. The molecule has 1 unspecified atom stereocenters. The van der Waals surface area contributed by atoms with Crippen molar-refractivity contribution in [1.29, 1.82) is 0 Å². The molecule has 25 heavy (non-hydrogen) atoms. The molecule has 1 aliphatic rings. The van der Waals surface area contributed by atoms with Crippen molar-refractivity contribution in [3.63, 3.8) is 0 Å². The van der Waals surface area contributed by atoms with E-state index in [1.807, 2.05) is 40.7 Å². The molecule has 1 atom stereocenters. The maximum atomic E-state index is 12.7. The highest BCUT2D eigenvalue weighted by atomic mass is 16.7. The van der Waals surface area contributed by atoms with Crippen LogP contribution in [0.25, 0.3) is 0 Å². The van der Waals surface area contributed by atoms with Crippen LogP contribution >= 0.6 is 0 Å². The van der Waals surface area contributed by atoms with Gasteiger partial charge < -0.3 is 19.4 Å². The number of methoxy groups -OCH3 is 1. The molecule has 0 aliphatic carbocycles. The molecule has 1 heterocycles. The van der Waals surface area contributed by atoms with Crippen LogP contribution in [0.1, 0.15) is 58.8 Å². The molecule has 0 bridgehead atoms. The monoisotopic (exact) mass is 347 g/mol. The van der Waals surface area contributed by atoms with E-state index in [1.165, 1.54) is 0 Å². The summed E-state index contributed by atoms with van der Waals surface area (Å²) in [6, 6.07) is 5.53. The number of rotatable bonds is 5. The molecule has 1 aromatic carbocycles. The Morgan fingerprint density at radius 2 is 1.68 bits per heavy atom. The van der Waals surface area contributed by atoms with Gasteiger partial charge in [-0.3, -0.25) is 4.79 Å². The lowest BCUT2D eigenvalue weighted by Gasteiger charge is -2.32. The highest BCUT2D eigenvalue weighted by Gasteiger charge is 2.51. The number of carbonyl (C=O) groups excluding carboxylic acids is 1. The third-order valence-electron chi connectivity index (χ3n) is 5.35. The van der Waals surface area contributed by atoms with E-state index in [4.69, 9.17) is 14.0 Å². The van der Waals surface area contributed by atoms with E-state index < -0.39 is 18.3 Å². The van der Waals surface area contributed by atoms with Gasteiger partial charge in [-0.25, -0.2) is 0 Å². The van der Waals surface area contributed by atoms with E-state index in [2.05, 4.69) is 19.2 Å². The summed E-state index contributed by atoms with van der Waals surface area (Å²) in [5.41, 5.74) is 0.447. The van der Waals surface area contributed by atoms with Crippen LogP contribution in [0.4, 0.5) is 0 Å². The number of carbonyl (C=O) groups is 1. The Labute approximate surface area is 151 Å². The predicted octanol–water partition coefficient (Wildman–Crippen LogP) is 2.77. The maximum Gasteiger partial charge on any atom is 0.494 e. The number of benzene rings is 1. The largest absolute Gasteiger partial charge is 0.496 e. The summed E-state index contributed by atoms with van der Waals surface area (Å²) >= 11 is 0. The van der Waals surface area contributed by atoms with Crippen molar-refractivity contribution in [3.8, 4) is 5.75 Å². The zero-order valence-electron chi connectivity index (χ0n) is 16.6. The predicted molar refractivity (Wildman–Crippen MR) is 100 cm³/mol. The second kappa shape index (κ2) is 7.00. The zero-order chi connectivity index (χ0) is 19.0. The zero-order valence-corrected chi connectivity index (χ0v) is 16.6. The van der Waals surface area contributed by atoms with Gasteiger partial charge in [0.15, 0.2) is 0 Å². The lowest BCUT2D eigenvalue weighted by atomic mass is 9.78. The van der Waals surface area contributed by atoms with Crippen molar-refractivity contribution >= 4 is 18.5 Å². The molecule has 1 aliphatic heterocycles. The van der Waals surface area contributed by atoms with Gasteiger partial charge in [0.05, 0.1) is 23.9 Å². The number of nitrogens with one attached hydrogen (secondary N) is 1. The minimum absolute atomic E-state index is 0.0673. The van der Waals surface area contributed by atoms with Crippen molar-refractivity contribution in [2.45, 2.75) is 65.7 Å². The smallest absolute Gasteiger partial charge is 0.494 e. The van der Waals surface area contributed by atoms with Crippen LogP contribution in [0.5, 0.6) is 5.75 Å². The van der Waals surface area contributed by atoms with Crippen molar-refractivity contribution in [2.75, 3.05) is 7.11 Å². The SMILES string of the molecule is COc1ccc(B2OC(C)(C)C(C)(C)O2)cc1C(=O)NC(C)C(C)C. The highest BCUT2D eigenvalue weighted by Crippen LogP contribution is 2.36. The summed E-state index contributed by atoms with van der Waals surface area (Å²) in [5.74, 6) is 0.728. The molecular weight excluding hydrogens is 317 g/mol. The quantitative estimate of drug-likeness (QED) is 0.833. The van der Waals surface area contributed by atoms with Gasteiger partial charge in [0.2, 0.25) is 0 Å². The summed E-state index contributed by atoms with van der Waals surface area (Å²) in [5, 5.41) is 3.02. The van der Waals surface area contributed by atoms with E-state index in [0.717, 1.165) is 5.46 Å². The van der Waals surface area contributed by atoms with Gasteiger partial charge in [0.1, 0.15) is 5.75 Å². The number of hydrogen-bond donors (Lipinski definition) is 1. The number of ether oxygens (including phenoxy) is 1. The van der Waals surface area contributed by atoms with Gasteiger partial charge in [-0.15, -0.1) is 0 Å². The van der Waals surface area contributed by atoms with E-state index in [0.29, 0.717) is 17.2 Å². The van der Waals surface area contributed by atoms with Gasteiger partial charge in [-0.05, 0) is 58.1 Å². The lowest BCUT2D eigenvalue weighted by Crippen LogP contribution is -2.41. The molecule has 0 saturated carbocycles. The van der Waals surface area contributed by atoms with Crippen LogP contribution < -0.4 is 15.5 Å². The van der Waals surface area contributed by atoms with Crippen molar-refractivity contribution in [3.05, 3.63) is 23.8 Å². The van der Waals surface area contributed by atoms with E-state index >= 15 is 0 Å². The summed E-state index contributed by atoms with van der Waals surface area (Å²) < 4.78 is 17.5. The van der Waals surface area contributed by atoms with Gasteiger partial charge in [0, 0.05) is 6.04 Å². The minimum Gasteiger partial charge on any atom is -0.496 e. The maximum absolute atomic E-state index is 12.7. The Morgan fingerprint density at radius 1 is 1.12 bits per heavy atom. The fraction of sp³-hybridized carbons (Fsp3) is 0.632. The second-order valence-corrected chi connectivity index (χ2v) is 8.05. The van der Waals surface area contributed by atoms with E-state index in [-0.39, 0.29) is 11.9 Å². The van der Waals surface area contributed by atoms with Crippen molar-refractivity contribution in [1.82, 2.24) is 5.32 Å². The Bertz CT molecular complexity index is 626. The third-order valence-corrected chi connectivity index (χ3v) is 5.35. The number of hydrogen-bond acceptors (Lipinski definition) is 4. The first-order valence-corrected chi connectivity index (χ1v) is 8.83. The first-order valence-electron chi connectivity index (χ1n) is 8.83. The van der Waals surface area contributed by atoms with Crippen molar-refractivity contribution < 1.29 is 18.8 Å². The Balaban J connectivity index is 2.30. The summed E-state index contributed by atoms with van der Waals surface area (Å²) in [7, 11) is 1.05. The molecule has 1 N–H and O–H groups in total. The van der Waals surface area contributed by atoms with Gasteiger partial charge >= 0.3 is 7.12 Å². The standard InChI is InChI=1S/C19H30BNO4/c1-12(2)13(3)21-17(22)15-11-14(9-10-16(15)23-8)20-24-18(4,5)19(6,7)25-20/h9-13H,1-8H3,(H,21,22). The second-order valence-electron chi connectivity index (χ2n) is 8.05. The average molecular weight is 347 g/mol. The molecule has 6 heteroatoms. The summed E-state index contributed by atoms with van der Waals surface area (Å²) in [4.78, 5) is 12.7. The summed E-state index contributed by atoms with van der Waals surface area (Å²) in [6.07, 6.45) is 0. The summed E-state index contributed by atoms with van der Waals surface area (Å²) in [6.45, 7) is 14.2. The molecule has 0 aromatic heterocycles. The van der Waals surface area contributed by atoms with Crippen LogP contribution in [0.2, 0.25) is 0 Å². The molecule has 5 nitrogen and oxygen atoms in total. The van der Waals surface area contributed by atoms with Gasteiger partial charge in [0.25, 0.3) is 5.91 Å². The van der Waals surface area contributed by atoms with E-state index in [9.17, 15) is 4.79 Å². The molecule has 1 amide bonds. The number of amides is 1. The normalized spacial score (nSPS) is 19.8. The molecule has 1 saturated heterocycles. The first-order chi connectivity index (χ1) is 11.5. The van der Waals surface area contributed by atoms with Crippen molar-refractivity contribution in [2.24, 2.45) is 5.92 Å². The highest BCUT2D eigenvalue weighted by molar-refractivity contribution is 6.62. The molecule has 1 fully saturated rings. The molecule has 0 radical (unpaired) electrons. The van der Waals surface area contributed by atoms with E-state index in [1.54, 1.807) is 19.2 Å². The molecule has 1 aromatic rings. The van der Waals surface area contributed by atoms with Gasteiger partial charge in [-0.1, -0.05) is 19.9 Å². The minimum atomic E-state index is -0.509. The fourth-order valence-electron chi connectivity index (χ4n) is 2.48. The molecule has 0 spiro atoms. The Hall–Kier alpha value is -1.53. The first kappa shape index (κ1) is 19.8. The van der Waals surface area contributed by atoms with Crippen LogP contribution in [0.15, 0.2) is 18.2 Å². The topological polar surface area (TPSA) is 56.8 Å². The third kappa shape index (κ3) is 4.01. The average Bonchev–Trinajstić information content (AvgIpc) is 2.74. The van der Waals surface area contributed by atoms with Crippen LogP contribution in [0, 0.1) is 5.92 Å². The van der Waals surface area contributed by atoms with Gasteiger partial charge in [-0.2, -0.15) is 0 Å². The fourth-order valence-corrected chi connectivity index (χ4v) is 2.48. The Morgan fingerprint density at radius 3 is 2.16 bits per heavy atom.